The zero-order chi connectivity index (χ0) is 12.5. The van der Waals surface area contributed by atoms with E-state index in [9.17, 15) is 4.79 Å². The molecule has 18 heavy (non-hydrogen) atoms. The van der Waals surface area contributed by atoms with Gasteiger partial charge in [0.05, 0.1) is 5.69 Å². The molecule has 0 saturated carbocycles. The molecule has 1 atom stereocenters. The number of anilines is 1. The standard InChI is InChI=1S/C14H14N2OS/c15-14-16-12(8-18-14)10-5-6-13(17)11-4-2-1-3-9(11)7-10/h1-4,8,10H,5-7H2,(H2,15,16). The van der Waals surface area contributed by atoms with Crippen LogP contribution in [0, 0.1) is 0 Å². The molecule has 1 aliphatic rings. The number of Topliss-reactive ketones (excluding diaryl/α,β-unsaturated/α-hetero) is 1. The summed E-state index contributed by atoms with van der Waals surface area (Å²) in [4.78, 5) is 16.4. The number of fused-ring (bicyclic) bond motifs is 1. The lowest BCUT2D eigenvalue weighted by atomic mass is 9.94. The van der Waals surface area contributed by atoms with E-state index >= 15 is 0 Å². The molecule has 1 aliphatic carbocycles. The molecule has 1 heterocycles. The van der Waals surface area contributed by atoms with Gasteiger partial charge in [-0.2, -0.15) is 0 Å². The second-order valence-corrected chi connectivity index (χ2v) is 5.52. The molecule has 0 saturated heterocycles. The number of hydrogen-bond acceptors (Lipinski definition) is 4. The Morgan fingerprint density at radius 2 is 2.17 bits per heavy atom. The first-order chi connectivity index (χ1) is 8.74. The second kappa shape index (κ2) is 4.53. The molecule has 1 aromatic heterocycles. The Balaban J connectivity index is 1.96. The fourth-order valence-corrected chi connectivity index (χ4v) is 3.16. The number of rotatable bonds is 1. The van der Waals surface area contributed by atoms with E-state index in [0.29, 0.717) is 17.5 Å². The van der Waals surface area contributed by atoms with Gasteiger partial charge in [-0.1, -0.05) is 24.3 Å². The van der Waals surface area contributed by atoms with Gasteiger partial charge in [0.1, 0.15) is 0 Å². The van der Waals surface area contributed by atoms with Crippen LogP contribution in [-0.2, 0) is 6.42 Å². The minimum absolute atomic E-state index is 0.247. The SMILES string of the molecule is Nc1nc(C2CCC(=O)c3ccccc3C2)cs1. The number of thiazole rings is 1. The molecule has 0 radical (unpaired) electrons. The first-order valence-electron chi connectivity index (χ1n) is 6.06. The summed E-state index contributed by atoms with van der Waals surface area (Å²) in [5.74, 6) is 0.558. The van der Waals surface area contributed by atoms with Crippen LogP contribution in [0.3, 0.4) is 0 Å². The zero-order valence-electron chi connectivity index (χ0n) is 9.93. The van der Waals surface area contributed by atoms with Crippen molar-refractivity contribution < 1.29 is 4.79 Å². The van der Waals surface area contributed by atoms with Gasteiger partial charge >= 0.3 is 0 Å². The normalized spacial score (nSPS) is 19.3. The Kier molecular flexibility index (Phi) is 2.88. The highest BCUT2D eigenvalue weighted by molar-refractivity contribution is 7.13. The number of nitrogens with two attached hydrogens (primary N) is 1. The van der Waals surface area contributed by atoms with Crippen molar-refractivity contribution >= 4 is 22.3 Å². The fourth-order valence-electron chi connectivity index (χ4n) is 2.52. The van der Waals surface area contributed by atoms with Crippen LogP contribution in [0.15, 0.2) is 29.6 Å². The smallest absolute Gasteiger partial charge is 0.180 e. The summed E-state index contributed by atoms with van der Waals surface area (Å²) in [6, 6.07) is 7.89. The monoisotopic (exact) mass is 258 g/mol. The molecule has 0 spiro atoms. The number of nitrogens with zero attached hydrogens (tertiary/aromatic N) is 1. The molecule has 4 heteroatoms. The van der Waals surface area contributed by atoms with Crippen LogP contribution in [0.4, 0.5) is 5.13 Å². The number of hydrogen-bond donors (Lipinski definition) is 1. The lowest BCUT2D eigenvalue weighted by Crippen LogP contribution is -2.02. The summed E-state index contributed by atoms with van der Waals surface area (Å²) < 4.78 is 0. The van der Waals surface area contributed by atoms with Crippen LogP contribution >= 0.6 is 11.3 Å². The third kappa shape index (κ3) is 2.04. The van der Waals surface area contributed by atoms with Crippen LogP contribution in [0.5, 0.6) is 0 Å². The van der Waals surface area contributed by atoms with Gasteiger partial charge in [-0.3, -0.25) is 4.79 Å². The van der Waals surface area contributed by atoms with E-state index in [1.165, 1.54) is 11.3 Å². The third-order valence-corrected chi connectivity index (χ3v) is 4.15. The number of carbonyl (C=O) groups is 1. The maximum Gasteiger partial charge on any atom is 0.180 e. The van der Waals surface area contributed by atoms with Crippen LogP contribution in [0.25, 0.3) is 0 Å². The molecule has 0 bridgehead atoms. The van der Waals surface area contributed by atoms with Crippen molar-refractivity contribution in [2.24, 2.45) is 0 Å². The molecule has 2 aromatic rings. The van der Waals surface area contributed by atoms with Gasteiger partial charge in [-0.05, 0) is 18.4 Å². The Morgan fingerprint density at radius 1 is 1.33 bits per heavy atom. The minimum atomic E-state index is 0.247. The first-order valence-corrected chi connectivity index (χ1v) is 6.94. The lowest BCUT2D eigenvalue weighted by Gasteiger charge is -2.11. The molecule has 0 amide bonds. The van der Waals surface area contributed by atoms with Gasteiger partial charge < -0.3 is 5.73 Å². The number of carbonyl (C=O) groups excluding carboxylic acids is 1. The zero-order valence-corrected chi connectivity index (χ0v) is 10.7. The number of nitrogen functional groups attached to an aromatic ring is 1. The summed E-state index contributed by atoms with van der Waals surface area (Å²) in [5, 5.41) is 2.62. The van der Waals surface area contributed by atoms with Crippen LogP contribution in [-0.4, -0.2) is 10.8 Å². The molecule has 3 rings (SSSR count). The van der Waals surface area contributed by atoms with Crippen molar-refractivity contribution in [3.05, 3.63) is 46.5 Å². The predicted octanol–water partition coefficient (Wildman–Crippen LogP) is 3.03. The molecule has 92 valence electrons. The van der Waals surface area contributed by atoms with E-state index in [1.54, 1.807) is 0 Å². The summed E-state index contributed by atoms with van der Waals surface area (Å²) in [6.45, 7) is 0. The number of benzene rings is 1. The maximum atomic E-state index is 12.0. The summed E-state index contributed by atoms with van der Waals surface area (Å²) in [7, 11) is 0. The van der Waals surface area contributed by atoms with Gasteiger partial charge in [0, 0.05) is 23.3 Å². The van der Waals surface area contributed by atoms with Crippen molar-refractivity contribution in [1.29, 1.82) is 0 Å². The molecule has 0 aliphatic heterocycles. The number of aromatic nitrogens is 1. The first kappa shape index (κ1) is 11.4. The van der Waals surface area contributed by atoms with Crippen LogP contribution < -0.4 is 5.73 Å². The summed E-state index contributed by atoms with van der Waals surface area (Å²) >= 11 is 1.47. The Hall–Kier alpha value is -1.68. The third-order valence-electron chi connectivity index (χ3n) is 3.46. The van der Waals surface area contributed by atoms with Crippen molar-refractivity contribution in [3.63, 3.8) is 0 Å². The van der Waals surface area contributed by atoms with Crippen molar-refractivity contribution in [2.75, 3.05) is 5.73 Å². The Labute approximate surface area is 110 Å². The second-order valence-electron chi connectivity index (χ2n) is 4.63. The van der Waals surface area contributed by atoms with Gasteiger partial charge in [0.2, 0.25) is 0 Å². The number of ketones is 1. The van der Waals surface area contributed by atoms with Crippen LogP contribution in [0.1, 0.15) is 40.4 Å². The van der Waals surface area contributed by atoms with E-state index < -0.39 is 0 Å². The molecule has 2 N–H and O–H groups in total. The molecular formula is C14H14N2OS. The Morgan fingerprint density at radius 3 is 2.94 bits per heavy atom. The average molecular weight is 258 g/mol. The van der Waals surface area contributed by atoms with E-state index in [0.717, 1.165) is 29.7 Å². The summed E-state index contributed by atoms with van der Waals surface area (Å²) in [6.07, 6.45) is 2.33. The lowest BCUT2D eigenvalue weighted by molar-refractivity contribution is 0.0980. The molecule has 1 aromatic carbocycles. The molecule has 3 nitrogen and oxygen atoms in total. The van der Waals surface area contributed by atoms with Gasteiger partial charge in [-0.15, -0.1) is 11.3 Å². The van der Waals surface area contributed by atoms with Crippen molar-refractivity contribution in [2.45, 2.75) is 25.2 Å². The van der Waals surface area contributed by atoms with E-state index in [4.69, 9.17) is 5.73 Å². The predicted molar refractivity (Wildman–Crippen MR) is 73.0 cm³/mol. The highest BCUT2D eigenvalue weighted by Crippen LogP contribution is 2.32. The van der Waals surface area contributed by atoms with Crippen LogP contribution in [0.2, 0.25) is 0 Å². The van der Waals surface area contributed by atoms with Gasteiger partial charge in [-0.25, -0.2) is 4.98 Å². The van der Waals surface area contributed by atoms with Gasteiger partial charge in [0.25, 0.3) is 0 Å². The molecule has 0 fully saturated rings. The van der Waals surface area contributed by atoms with E-state index in [2.05, 4.69) is 4.98 Å². The topological polar surface area (TPSA) is 56.0 Å². The van der Waals surface area contributed by atoms with E-state index in [-0.39, 0.29) is 5.78 Å². The van der Waals surface area contributed by atoms with Crippen molar-refractivity contribution in [1.82, 2.24) is 4.98 Å². The highest BCUT2D eigenvalue weighted by Gasteiger charge is 2.24. The molecule has 1 unspecified atom stereocenters. The largest absolute Gasteiger partial charge is 0.375 e. The summed E-state index contributed by atoms with van der Waals surface area (Å²) in [5.41, 5.74) is 8.73. The van der Waals surface area contributed by atoms with E-state index in [1.807, 2.05) is 29.6 Å². The highest BCUT2D eigenvalue weighted by atomic mass is 32.1. The molecular weight excluding hydrogens is 244 g/mol. The maximum absolute atomic E-state index is 12.0. The average Bonchev–Trinajstić information content (AvgIpc) is 2.73. The minimum Gasteiger partial charge on any atom is -0.375 e. The Bertz CT molecular complexity index is 591. The van der Waals surface area contributed by atoms with Gasteiger partial charge in [0.15, 0.2) is 10.9 Å². The van der Waals surface area contributed by atoms with Crippen molar-refractivity contribution in [3.8, 4) is 0 Å². The fraction of sp³-hybridized carbons (Fsp3) is 0.286. The quantitative estimate of drug-likeness (QED) is 0.800.